The molecule has 0 atom stereocenters. The van der Waals surface area contributed by atoms with Crippen molar-refractivity contribution in [2.24, 2.45) is 0 Å². The van der Waals surface area contributed by atoms with Crippen LogP contribution in [0.2, 0.25) is 0 Å². The summed E-state index contributed by atoms with van der Waals surface area (Å²) in [6.07, 6.45) is 0. The zero-order valence-corrected chi connectivity index (χ0v) is 32.6. The number of furan rings is 2. The Morgan fingerprint density at radius 1 is 0.271 bits per heavy atom. The molecule has 278 valence electrons. The van der Waals surface area contributed by atoms with Gasteiger partial charge < -0.3 is 18.6 Å². The molecule has 0 aliphatic carbocycles. The molecule has 0 saturated carbocycles. The number of hydrogen-bond donors (Lipinski definition) is 0. The van der Waals surface area contributed by atoms with E-state index in [2.05, 4.69) is 192 Å². The molecule has 0 aliphatic heterocycles. The number of rotatable bonds is 7. The van der Waals surface area contributed by atoms with E-state index < -0.39 is 0 Å². The van der Waals surface area contributed by atoms with Gasteiger partial charge in [0.2, 0.25) is 0 Å². The number of nitrogens with zero attached hydrogens (tertiary/aromatic N) is 2. The third-order valence-electron chi connectivity index (χ3n) is 11.4. The maximum atomic E-state index is 6.47. The minimum atomic E-state index is 0.848. The predicted molar refractivity (Wildman–Crippen MR) is 249 cm³/mol. The van der Waals surface area contributed by atoms with E-state index in [1.54, 1.807) is 0 Å². The summed E-state index contributed by atoms with van der Waals surface area (Å²) >= 11 is 1.84. The molecule has 59 heavy (non-hydrogen) atoms. The van der Waals surface area contributed by atoms with Crippen LogP contribution < -0.4 is 9.80 Å². The Kier molecular flexibility index (Phi) is 7.68. The first-order chi connectivity index (χ1) is 29.2. The first-order valence-electron chi connectivity index (χ1n) is 19.8. The molecule has 0 spiro atoms. The van der Waals surface area contributed by atoms with Crippen LogP contribution in [0.1, 0.15) is 0 Å². The van der Waals surface area contributed by atoms with E-state index in [1.807, 2.05) is 35.6 Å². The Morgan fingerprint density at radius 3 is 1.31 bits per heavy atom. The summed E-state index contributed by atoms with van der Waals surface area (Å²) in [5.74, 6) is 0. The summed E-state index contributed by atoms with van der Waals surface area (Å²) in [5.41, 5.74) is 11.8. The molecular weight excluding hydrogens is 741 g/mol. The maximum Gasteiger partial charge on any atom is 0.137 e. The third kappa shape index (κ3) is 5.66. The molecule has 0 bridgehead atoms. The first kappa shape index (κ1) is 33.5. The summed E-state index contributed by atoms with van der Waals surface area (Å²) in [7, 11) is 0. The minimum Gasteiger partial charge on any atom is -0.456 e. The van der Waals surface area contributed by atoms with E-state index in [0.29, 0.717) is 0 Å². The largest absolute Gasteiger partial charge is 0.456 e. The van der Waals surface area contributed by atoms with Crippen LogP contribution in [0, 0.1) is 0 Å². The minimum absolute atomic E-state index is 0.848. The fourth-order valence-electron chi connectivity index (χ4n) is 8.68. The molecule has 4 nitrogen and oxygen atoms in total. The van der Waals surface area contributed by atoms with E-state index in [9.17, 15) is 0 Å². The first-order valence-corrected chi connectivity index (χ1v) is 20.6. The maximum absolute atomic E-state index is 6.47. The van der Waals surface area contributed by atoms with Crippen LogP contribution in [0.5, 0.6) is 0 Å². The number of anilines is 6. The van der Waals surface area contributed by atoms with Crippen LogP contribution >= 0.6 is 11.3 Å². The lowest BCUT2D eigenvalue weighted by atomic mass is 10.0. The van der Waals surface area contributed by atoms with E-state index in [-0.39, 0.29) is 0 Å². The third-order valence-corrected chi connectivity index (χ3v) is 12.5. The molecular formula is C54H34N2O2S. The molecule has 5 heteroatoms. The summed E-state index contributed by atoms with van der Waals surface area (Å²) in [5, 5.41) is 6.99. The lowest BCUT2D eigenvalue weighted by Crippen LogP contribution is -2.13. The topological polar surface area (TPSA) is 32.8 Å². The van der Waals surface area contributed by atoms with Crippen molar-refractivity contribution in [3.63, 3.8) is 0 Å². The van der Waals surface area contributed by atoms with Gasteiger partial charge in [-0.2, -0.15) is 0 Å². The predicted octanol–water partition coefficient (Wildman–Crippen LogP) is 16.5. The van der Waals surface area contributed by atoms with Crippen molar-refractivity contribution in [1.29, 1.82) is 0 Å². The molecule has 3 aromatic heterocycles. The Morgan fingerprint density at radius 2 is 0.729 bits per heavy atom. The summed E-state index contributed by atoms with van der Waals surface area (Å²) < 4.78 is 15.5. The summed E-state index contributed by atoms with van der Waals surface area (Å²) in [4.78, 5) is 4.67. The van der Waals surface area contributed by atoms with Crippen LogP contribution in [-0.4, -0.2) is 0 Å². The normalized spacial score (nSPS) is 11.7. The lowest BCUT2D eigenvalue weighted by Gasteiger charge is -2.30. The van der Waals surface area contributed by atoms with E-state index in [4.69, 9.17) is 8.83 Å². The monoisotopic (exact) mass is 774 g/mol. The molecule has 12 rings (SSSR count). The number of hydrogen-bond acceptors (Lipinski definition) is 5. The summed E-state index contributed by atoms with van der Waals surface area (Å²) in [6.45, 7) is 0. The van der Waals surface area contributed by atoms with Gasteiger partial charge >= 0.3 is 0 Å². The van der Waals surface area contributed by atoms with Crippen molar-refractivity contribution in [2.45, 2.75) is 0 Å². The van der Waals surface area contributed by atoms with Gasteiger partial charge in [-0.25, -0.2) is 0 Å². The molecule has 0 radical (unpaired) electrons. The van der Waals surface area contributed by atoms with E-state index >= 15 is 0 Å². The van der Waals surface area contributed by atoms with E-state index in [0.717, 1.165) is 89.1 Å². The van der Waals surface area contributed by atoms with Crippen molar-refractivity contribution in [1.82, 2.24) is 0 Å². The summed E-state index contributed by atoms with van der Waals surface area (Å²) in [6, 6.07) is 73.3. The molecule has 9 aromatic carbocycles. The van der Waals surface area contributed by atoms with Gasteiger partial charge in [-0.1, -0.05) is 103 Å². The standard InChI is InChI=1S/C54H34N2O2S/c1-3-13-37(14-4-1)55(39-24-27-45-43-17-7-10-20-49(43)57-51(45)33-39)41-29-36(35-23-26-48-47-19-9-12-22-53(47)59-54(48)31-35)30-42(32-41)56(38-15-5-2-6-16-38)40-25-28-46-44-18-8-11-21-50(44)58-52(46)34-40/h1-34H. The van der Waals surface area contributed by atoms with Crippen LogP contribution in [0.25, 0.3) is 75.2 Å². The van der Waals surface area contributed by atoms with Crippen molar-refractivity contribution in [3.8, 4) is 11.1 Å². The second-order valence-electron chi connectivity index (χ2n) is 14.9. The second-order valence-corrected chi connectivity index (χ2v) is 16.0. The zero-order chi connectivity index (χ0) is 38.9. The Bertz CT molecular complexity index is 3350. The van der Waals surface area contributed by atoms with Crippen LogP contribution in [0.3, 0.4) is 0 Å². The van der Waals surface area contributed by atoms with Crippen LogP contribution in [0.4, 0.5) is 34.1 Å². The van der Waals surface area contributed by atoms with Gasteiger partial charge in [0.1, 0.15) is 22.3 Å². The van der Waals surface area contributed by atoms with E-state index in [1.165, 1.54) is 20.2 Å². The fourth-order valence-corrected chi connectivity index (χ4v) is 9.83. The number of benzene rings is 9. The molecule has 0 amide bonds. The highest BCUT2D eigenvalue weighted by Crippen LogP contribution is 2.46. The molecule has 3 heterocycles. The number of para-hydroxylation sites is 4. The molecule has 0 fully saturated rings. The average Bonchev–Trinajstić information content (AvgIpc) is 3.98. The Balaban J connectivity index is 1.11. The Hall–Kier alpha value is -7.60. The highest BCUT2D eigenvalue weighted by Gasteiger charge is 2.22. The van der Waals surface area contributed by atoms with Gasteiger partial charge in [0.25, 0.3) is 0 Å². The smallest absolute Gasteiger partial charge is 0.137 e. The van der Waals surface area contributed by atoms with Gasteiger partial charge in [-0.05, 0) is 102 Å². The Labute approximate surface area is 344 Å². The SMILES string of the molecule is c1ccc(N(c2cc(-c3ccc4c(c3)sc3ccccc34)cc(N(c3ccccc3)c3ccc4c(c3)oc3ccccc34)c2)c2ccc3c(c2)oc2ccccc23)cc1. The number of thiophene rings is 1. The van der Waals surface area contributed by atoms with Crippen molar-refractivity contribution in [2.75, 3.05) is 9.80 Å². The highest BCUT2D eigenvalue weighted by atomic mass is 32.1. The van der Waals surface area contributed by atoms with Crippen molar-refractivity contribution in [3.05, 3.63) is 206 Å². The van der Waals surface area contributed by atoms with Gasteiger partial charge in [-0.3, -0.25) is 0 Å². The van der Waals surface area contributed by atoms with Gasteiger partial charge in [-0.15, -0.1) is 11.3 Å². The molecule has 12 aromatic rings. The quantitative estimate of drug-likeness (QED) is 0.161. The van der Waals surface area contributed by atoms with Crippen molar-refractivity contribution >= 4 is 110 Å². The van der Waals surface area contributed by atoms with Crippen LogP contribution in [0.15, 0.2) is 215 Å². The molecule has 0 unspecified atom stereocenters. The number of fused-ring (bicyclic) bond motifs is 9. The van der Waals surface area contributed by atoms with Crippen molar-refractivity contribution < 1.29 is 8.83 Å². The zero-order valence-electron chi connectivity index (χ0n) is 31.7. The average molecular weight is 775 g/mol. The van der Waals surface area contributed by atoms with Crippen LogP contribution in [-0.2, 0) is 0 Å². The second kappa shape index (κ2) is 13.5. The molecule has 0 aliphatic rings. The lowest BCUT2D eigenvalue weighted by molar-refractivity contribution is 0.668. The molecule has 0 N–H and O–H groups in total. The highest BCUT2D eigenvalue weighted by molar-refractivity contribution is 7.25. The fraction of sp³-hybridized carbons (Fsp3) is 0. The molecule has 0 saturated heterocycles. The van der Waals surface area contributed by atoms with Gasteiger partial charge in [0.05, 0.1) is 0 Å². The van der Waals surface area contributed by atoms with Gasteiger partial charge in [0.15, 0.2) is 0 Å². The van der Waals surface area contributed by atoms with Gasteiger partial charge in [0, 0.05) is 88.0 Å².